The van der Waals surface area contributed by atoms with Gasteiger partial charge in [-0.05, 0) is 0 Å². The summed E-state index contributed by atoms with van der Waals surface area (Å²) in [6.07, 6.45) is -3.76. The molecule has 0 fully saturated rings. The molecule has 0 aliphatic rings. The predicted octanol–water partition coefficient (Wildman–Crippen LogP) is -2.97. The maximum atomic E-state index is 8.87. The maximum absolute atomic E-state index is 8.87. The van der Waals surface area contributed by atoms with Gasteiger partial charge in [-0.15, -0.1) is 0 Å². The van der Waals surface area contributed by atoms with E-state index in [-0.39, 0.29) is 0 Å². The molecule has 0 saturated heterocycles. The van der Waals surface area contributed by atoms with Gasteiger partial charge in [-0.2, -0.15) is 0 Å². The molecule has 0 amide bonds. The van der Waals surface area contributed by atoms with Gasteiger partial charge in [0.2, 0.25) is 0 Å². The summed E-state index contributed by atoms with van der Waals surface area (Å²) in [6.45, 7) is -0.563. The van der Waals surface area contributed by atoms with Gasteiger partial charge in [0.25, 0.3) is 0 Å². The van der Waals surface area contributed by atoms with E-state index in [0.29, 0.717) is 0 Å². The zero-order chi connectivity index (χ0) is 8.15. The Morgan fingerprint density at radius 2 is 1.80 bits per heavy atom. The molecule has 0 unspecified atom stereocenters. The van der Waals surface area contributed by atoms with Crippen LogP contribution in [0, 0.1) is 0 Å². The van der Waals surface area contributed by atoms with E-state index in [1.54, 1.807) is 0 Å². The molecule has 3 atom stereocenters. The molecule has 0 aromatic heterocycles. The van der Waals surface area contributed by atoms with Crippen molar-refractivity contribution in [3.05, 3.63) is 0 Å². The molecule has 0 aromatic carbocycles. The summed E-state index contributed by atoms with van der Waals surface area (Å²) < 4.78 is 0. The molecule has 0 bridgehead atoms. The molecule has 60 valence electrons. The molecule has 5 heteroatoms. The van der Waals surface area contributed by atoms with Crippen LogP contribution in [0.5, 0.6) is 0 Å². The van der Waals surface area contributed by atoms with Gasteiger partial charge in [-0.25, -0.2) is 0 Å². The standard InChI is InChI=1S/C5H10O4Se/c6-1-3(7)5(9)4(8)2-10/h2-9H,1H2/t3-,4+,5-/m1/s1. The van der Waals surface area contributed by atoms with Crippen molar-refractivity contribution in [2.75, 3.05) is 6.61 Å². The summed E-state index contributed by atoms with van der Waals surface area (Å²) in [6, 6.07) is 0. The molecule has 0 rings (SSSR count). The summed E-state index contributed by atoms with van der Waals surface area (Å²) >= 11 is 2.37. The molecular weight excluding hydrogens is 203 g/mol. The molecule has 0 saturated carbocycles. The van der Waals surface area contributed by atoms with Crippen molar-refractivity contribution in [1.29, 1.82) is 0 Å². The Bertz CT molecular complexity index is 108. The monoisotopic (exact) mass is 214 g/mol. The van der Waals surface area contributed by atoms with Crippen LogP contribution >= 0.6 is 0 Å². The van der Waals surface area contributed by atoms with Crippen molar-refractivity contribution < 1.29 is 20.4 Å². The minimum absolute atomic E-state index is 0.563. The van der Waals surface area contributed by atoms with Crippen LogP contribution in [0.25, 0.3) is 0 Å². The second kappa shape index (κ2) is 4.96. The molecule has 0 radical (unpaired) electrons. The number of rotatable bonds is 4. The van der Waals surface area contributed by atoms with Crippen LogP contribution in [0.1, 0.15) is 0 Å². The molecule has 0 spiro atoms. The van der Waals surface area contributed by atoms with Gasteiger partial charge in [0.05, 0.1) is 0 Å². The topological polar surface area (TPSA) is 80.9 Å². The van der Waals surface area contributed by atoms with Crippen LogP contribution in [0.4, 0.5) is 0 Å². The molecule has 0 aliphatic heterocycles. The number of hydrogen-bond acceptors (Lipinski definition) is 4. The third-order valence-corrected chi connectivity index (χ3v) is 1.66. The zero-order valence-electron chi connectivity index (χ0n) is 5.21. The Morgan fingerprint density at radius 1 is 1.30 bits per heavy atom. The summed E-state index contributed by atoms with van der Waals surface area (Å²) in [5.41, 5.74) is 0. The average Bonchev–Trinajstić information content (AvgIpc) is 2.00. The Hall–Kier alpha value is 0.229. The first-order valence-electron chi connectivity index (χ1n) is 2.73. The van der Waals surface area contributed by atoms with Crippen LogP contribution in [0.3, 0.4) is 0 Å². The number of aliphatic hydroxyl groups excluding tert-OH is 4. The first-order valence-corrected chi connectivity index (χ1v) is 3.72. The van der Waals surface area contributed by atoms with Crippen molar-refractivity contribution in [2.24, 2.45) is 0 Å². The SMILES string of the molecule is OC[C@@H](O)[C@@H](O)[C@@H](O)C=[Se]. The fraction of sp³-hybridized carbons (Fsp3) is 0.800. The van der Waals surface area contributed by atoms with Gasteiger partial charge >= 0.3 is 65.8 Å². The molecule has 4 nitrogen and oxygen atoms in total. The van der Waals surface area contributed by atoms with E-state index in [0.717, 1.165) is 0 Å². The minimum atomic E-state index is -1.33. The summed E-state index contributed by atoms with van der Waals surface area (Å²) in [5.74, 6) is 0. The first-order chi connectivity index (χ1) is 4.63. The molecule has 0 aliphatic carbocycles. The third-order valence-electron chi connectivity index (χ3n) is 1.07. The molecule has 0 aromatic rings. The predicted molar refractivity (Wildman–Crippen MR) is 36.9 cm³/mol. The van der Waals surface area contributed by atoms with Gasteiger partial charge in [0.1, 0.15) is 0 Å². The van der Waals surface area contributed by atoms with Crippen molar-refractivity contribution in [3.63, 3.8) is 0 Å². The summed E-state index contributed by atoms with van der Waals surface area (Å²) in [4.78, 5) is 1.21. The second-order valence-electron chi connectivity index (χ2n) is 1.87. The molecular formula is C5H10O4Se. The van der Waals surface area contributed by atoms with E-state index in [4.69, 9.17) is 20.4 Å². The Labute approximate surface area is 66.5 Å². The zero-order valence-corrected chi connectivity index (χ0v) is 6.93. The molecule has 0 heterocycles. The van der Waals surface area contributed by atoms with E-state index < -0.39 is 24.9 Å². The van der Waals surface area contributed by atoms with E-state index in [2.05, 4.69) is 15.6 Å². The number of hydrogen-bond donors (Lipinski definition) is 4. The van der Waals surface area contributed by atoms with Crippen LogP contribution in [-0.4, -0.2) is 65.8 Å². The van der Waals surface area contributed by atoms with Gasteiger partial charge in [0, 0.05) is 0 Å². The van der Waals surface area contributed by atoms with Crippen molar-refractivity contribution in [3.8, 4) is 0 Å². The van der Waals surface area contributed by atoms with Crippen LogP contribution < -0.4 is 0 Å². The average molecular weight is 213 g/mol. The van der Waals surface area contributed by atoms with Crippen LogP contribution in [-0.2, 0) is 0 Å². The van der Waals surface area contributed by atoms with Gasteiger partial charge in [-0.3, -0.25) is 0 Å². The second-order valence-corrected chi connectivity index (χ2v) is 2.44. The first kappa shape index (κ1) is 10.2. The molecule has 10 heavy (non-hydrogen) atoms. The van der Waals surface area contributed by atoms with Gasteiger partial charge in [-0.1, -0.05) is 0 Å². The van der Waals surface area contributed by atoms with Crippen molar-refractivity contribution >= 4 is 20.5 Å². The van der Waals surface area contributed by atoms with E-state index >= 15 is 0 Å². The Kier molecular flexibility index (Phi) is 5.07. The van der Waals surface area contributed by atoms with Crippen molar-refractivity contribution in [2.45, 2.75) is 18.3 Å². The fourth-order valence-electron chi connectivity index (χ4n) is 0.416. The van der Waals surface area contributed by atoms with Gasteiger partial charge < -0.3 is 0 Å². The molecule has 4 N–H and O–H groups in total. The van der Waals surface area contributed by atoms with Gasteiger partial charge in [0.15, 0.2) is 0 Å². The van der Waals surface area contributed by atoms with E-state index in [9.17, 15) is 0 Å². The van der Waals surface area contributed by atoms with E-state index in [1.807, 2.05) is 0 Å². The quantitative estimate of drug-likeness (QED) is 0.376. The summed E-state index contributed by atoms with van der Waals surface area (Å²) in [5, 5.41) is 34.7. The third kappa shape index (κ3) is 2.88. The fourth-order valence-corrected chi connectivity index (χ4v) is 0.754. The number of aliphatic hydroxyl groups is 4. The van der Waals surface area contributed by atoms with Crippen LogP contribution in [0.2, 0.25) is 0 Å². The van der Waals surface area contributed by atoms with Crippen molar-refractivity contribution in [1.82, 2.24) is 0 Å². The summed E-state index contributed by atoms with van der Waals surface area (Å²) in [7, 11) is 0. The van der Waals surface area contributed by atoms with E-state index in [1.165, 1.54) is 4.92 Å². The Morgan fingerprint density at radius 3 is 2.10 bits per heavy atom. The Balaban J connectivity index is 3.80. The van der Waals surface area contributed by atoms with Crippen LogP contribution in [0.15, 0.2) is 0 Å². The normalized spacial score (nSPS) is 19.6.